The summed E-state index contributed by atoms with van der Waals surface area (Å²) < 4.78 is 0.989. The first-order valence-corrected chi connectivity index (χ1v) is 9.20. The number of carbonyl (C=O) groups excluding carboxylic acids is 3. The third-order valence-corrected chi connectivity index (χ3v) is 4.34. The van der Waals surface area contributed by atoms with Crippen molar-refractivity contribution in [3.63, 3.8) is 0 Å². The molecule has 1 aromatic carbocycles. The van der Waals surface area contributed by atoms with Crippen LogP contribution in [0.1, 0.15) is 25.8 Å². The zero-order chi connectivity index (χ0) is 17.9. The molecule has 0 spiro atoms. The number of hydrogen-bond acceptors (Lipinski definition) is 4. The van der Waals surface area contributed by atoms with E-state index in [-0.39, 0.29) is 23.2 Å². The van der Waals surface area contributed by atoms with Gasteiger partial charge in [0.1, 0.15) is 0 Å². The molecule has 0 heterocycles. The summed E-state index contributed by atoms with van der Waals surface area (Å²) in [6.07, 6.45) is 5.27. The van der Waals surface area contributed by atoms with Gasteiger partial charge in [0.2, 0.25) is 5.91 Å². The summed E-state index contributed by atoms with van der Waals surface area (Å²) >= 11 is 4.46. The molecule has 1 N–H and O–H groups in total. The Morgan fingerprint density at radius 3 is 2.67 bits per heavy atom. The second-order valence-corrected chi connectivity index (χ2v) is 7.14. The number of thioether (sulfide) groups is 1. The number of halogens is 1. The summed E-state index contributed by atoms with van der Waals surface area (Å²) in [6, 6.07) is 7.80. The summed E-state index contributed by atoms with van der Waals surface area (Å²) in [5.41, 5.74) is 1.56. The molecule has 0 aliphatic carbocycles. The lowest BCUT2D eigenvalue weighted by molar-refractivity contribution is -0.121. The summed E-state index contributed by atoms with van der Waals surface area (Å²) in [7, 11) is 0. The monoisotopic (exact) mass is 409 g/mol. The zero-order valence-electron chi connectivity index (χ0n) is 13.7. The van der Waals surface area contributed by atoms with Crippen molar-refractivity contribution >= 4 is 50.6 Å². The second-order valence-electron chi connectivity index (χ2n) is 5.07. The number of ketones is 1. The normalized spacial score (nSPS) is 11.5. The summed E-state index contributed by atoms with van der Waals surface area (Å²) in [4.78, 5) is 34.4. The third-order valence-electron chi connectivity index (χ3n) is 2.97. The van der Waals surface area contributed by atoms with Crippen LogP contribution >= 0.6 is 27.7 Å². The van der Waals surface area contributed by atoms with Crippen molar-refractivity contribution in [3.8, 4) is 0 Å². The summed E-state index contributed by atoms with van der Waals surface area (Å²) in [5.74, 6) is 0.151. The Morgan fingerprint density at radius 1 is 1.25 bits per heavy atom. The molecular formula is C18H20BrNO3S. The molecule has 0 bridgehead atoms. The van der Waals surface area contributed by atoms with Crippen molar-refractivity contribution < 1.29 is 14.4 Å². The third kappa shape index (κ3) is 8.84. The maximum absolute atomic E-state index is 12.0. The molecule has 0 radical (unpaired) electrons. The van der Waals surface area contributed by atoms with Crippen molar-refractivity contribution in [3.05, 3.63) is 52.0 Å². The number of benzene rings is 1. The number of amides is 1. The fraction of sp³-hybridized carbons (Fsp3) is 0.278. The van der Waals surface area contributed by atoms with Crippen LogP contribution < -0.4 is 5.32 Å². The lowest BCUT2D eigenvalue weighted by atomic mass is 10.1. The van der Waals surface area contributed by atoms with Crippen LogP contribution in [0.4, 0.5) is 0 Å². The maximum atomic E-state index is 12.0. The smallest absolute Gasteiger partial charge is 0.216 e. The molecule has 0 aromatic heterocycles. The quantitative estimate of drug-likeness (QED) is 0.307. The van der Waals surface area contributed by atoms with Crippen molar-refractivity contribution in [2.45, 2.75) is 20.3 Å². The van der Waals surface area contributed by atoms with E-state index in [0.717, 1.165) is 21.8 Å². The van der Waals surface area contributed by atoms with Gasteiger partial charge in [0.15, 0.2) is 10.9 Å². The molecule has 0 unspecified atom stereocenters. The first kappa shape index (κ1) is 20.4. The fourth-order valence-corrected chi connectivity index (χ4v) is 2.80. The van der Waals surface area contributed by atoms with Crippen LogP contribution in [0.3, 0.4) is 0 Å². The average Bonchev–Trinajstić information content (AvgIpc) is 2.51. The van der Waals surface area contributed by atoms with Gasteiger partial charge in [0.05, 0.1) is 6.42 Å². The molecule has 0 aliphatic rings. The molecule has 1 aromatic rings. The van der Waals surface area contributed by atoms with E-state index in [2.05, 4.69) is 21.2 Å². The van der Waals surface area contributed by atoms with E-state index < -0.39 is 0 Å². The van der Waals surface area contributed by atoms with Gasteiger partial charge in [0, 0.05) is 23.7 Å². The lowest BCUT2D eigenvalue weighted by Gasteiger charge is -2.02. The Hall–Kier alpha value is -1.66. The van der Waals surface area contributed by atoms with E-state index in [1.165, 1.54) is 6.92 Å². The number of hydrogen-bond donors (Lipinski definition) is 1. The Kier molecular flexibility index (Phi) is 9.34. The Morgan fingerprint density at radius 2 is 2.00 bits per heavy atom. The van der Waals surface area contributed by atoms with Gasteiger partial charge in [-0.25, -0.2) is 0 Å². The average molecular weight is 410 g/mol. The standard InChI is InChI=1S/C18H20BrNO3S/c1-13(5-3-6-15-7-4-8-16(19)11-15)17(22)12-18(23)24-10-9-20-14(2)21/h3-8,11H,9-10,12H2,1-2H3,(H,20,21). The molecule has 6 heteroatoms. The largest absolute Gasteiger partial charge is 0.356 e. The number of Topliss-reactive ketones (excluding diaryl/α,β-unsaturated/α-hetero) is 1. The molecule has 128 valence electrons. The van der Waals surface area contributed by atoms with Crippen LogP contribution in [-0.4, -0.2) is 29.1 Å². The van der Waals surface area contributed by atoms with Crippen molar-refractivity contribution in [2.24, 2.45) is 0 Å². The first-order chi connectivity index (χ1) is 11.4. The molecule has 1 rings (SSSR count). The van der Waals surface area contributed by atoms with Gasteiger partial charge < -0.3 is 5.32 Å². The molecule has 0 atom stereocenters. The van der Waals surface area contributed by atoms with E-state index in [1.807, 2.05) is 30.3 Å². The Bertz CT molecular complexity index is 668. The van der Waals surface area contributed by atoms with E-state index in [0.29, 0.717) is 17.9 Å². The number of carbonyl (C=O) groups is 3. The van der Waals surface area contributed by atoms with Crippen LogP contribution in [0.25, 0.3) is 6.08 Å². The predicted molar refractivity (Wildman–Crippen MR) is 103 cm³/mol. The molecule has 0 fully saturated rings. The highest BCUT2D eigenvalue weighted by Crippen LogP contribution is 2.13. The second kappa shape index (κ2) is 11.0. The van der Waals surface area contributed by atoms with Gasteiger partial charge in [-0.15, -0.1) is 0 Å². The van der Waals surface area contributed by atoms with Crippen LogP contribution in [0.2, 0.25) is 0 Å². The number of nitrogens with one attached hydrogen (secondary N) is 1. The molecular weight excluding hydrogens is 390 g/mol. The minimum Gasteiger partial charge on any atom is -0.356 e. The summed E-state index contributed by atoms with van der Waals surface area (Å²) in [5, 5.41) is 2.42. The van der Waals surface area contributed by atoms with Gasteiger partial charge >= 0.3 is 0 Å². The first-order valence-electron chi connectivity index (χ1n) is 7.42. The van der Waals surface area contributed by atoms with E-state index in [1.54, 1.807) is 19.1 Å². The molecule has 24 heavy (non-hydrogen) atoms. The van der Waals surface area contributed by atoms with Crippen molar-refractivity contribution in [1.82, 2.24) is 5.32 Å². The maximum Gasteiger partial charge on any atom is 0.216 e. The van der Waals surface area contributed by atoms with Crippen LogP contribution in [-0.2, 0) is 14.4 Å². The van der Waals surface area contributed by atoms with Crippen molar-refractivity contribution in [1.29, 1.82) is 0 Å². The molecule has 0 saturated heterocycles. The highest BCUT2D eigenvalue weighted by atomic mass is 79.9. The van der Waals surface area contributed by atoms with Gasteiger partial charge in [-0.2, -0.15) is 0 Å². The van der Waals surface area contributed by atoms with Gasteiger partial charge in [0.25, 0.3) is 0 Å². The van der Waals surface area contributed by atoms with Crippen LogP contribution in [0, 0.1) is 0 Å². The Labute approximate surface area is 154 Å². The van der Waals surface area contributed by atoms with Crippen LogP contribution in [0.15, 0.2) is 46.5 Å². The SMILES string of the molecule is CC(=O)NCCSC(=O)CC(=O)C(C)=CC=Cc1cccc(Br)c1. The number of allylic oxidation sites excluding steroid dienone is 3. The molecule has 0 saturated carbocycles. The minimum atomic E-state index is -0.189. The molecule has 4 nitrogen and oxygen atoms in total. The zero-order valence-corrected chi connectivity index (χ0v) is 16.1. The Balaban J connectivity index is 2.43. The highest BCUT2D eigenvalue weighted by Gasteiger charge is 2.11. The summed E-state index contributed by atoms with van der Waals surface area (Å²) in [6.45, 7) is 3.54. The van der Waals surface area contributed by atoms with E-state index in [9.17, 15) is 14.4 Å². The highest BCUT2D eigenvalue weighted by molar-refractivity contribution is 9.10. The van der Waals surface area contributed by atoms with Gasteiger partial charge in [-0.3, -0.25) is 14.4 Å². The lowest BCUT2D eigenvalue weighted by Crippen LogP contribution is -2.23. The van der Waals surface area contributed by atoms with Crippen molar-refractivity contribution in [2.75, 3.05) is 12.3 Å². The van der Waals surface area contributed by atoms with E-state index >= 15 is 0 Å². The number of rotatable bonds is 8. The van der Waals surface area contributed by atoms with E-state index in [4.69, 9.17) is 0 Å². The van der Waals surface area contributed by atoms with Crippen LogP contribution in [0.5, 0.6) is 0 Å². The molecule has 0 aliphatic heterocycles. The fourth-order valence-electron chi connectivity index (χ4n) is 1.72. The van der Waals surface area contributed by atoms with Gasteiger partial charge in [-0.05, 0) is 30.2 Å². The topological polar surface area (TPSA) is 63.2 Å². The minimum absolute atomic E-state index is 0.127. The van der Waals surface area contributed by atoms with Gasteiger partial charge in [-0.1, -0.05) is 58.1 Å². The molecule has 1 amide bonds. The predicted octanol–water partition coefficient (Wildman–Crippen LogP) is 3.76.